The number of hydrogen-bond acceptors (Lipinski definition) is 4. The van der Waals surface area contributed by atoms with Gasteiger partial charge >= 0.3 is 0 Å². The first-order valence-corrected chi connectivity index (χ1v) is 9.63. The van der Waals surface area contributed by atoms with Gasteiger partial charge in [0.1, 0.15) is 11.6 Å². The molecule has 0 fully saturated rings. The molecule has 26 heavy (non-hydrogen) atoms. The van der Waals surface area contributed by atoms with Crippen LogP contribution < -0.4 is 10.6 Å². The monoisotopic (exact) mass is 433 g/mol. The maximum absolute atomic E-state index is 13.1. The lowest BCUT2D eigenvalue weighted by molar-refractivity contribution is 0.0940. The molecule has 0 aliphatic carbocycles. The highest BCUT2D eigenvalue weighted by molar-refractivity contribution is 9.11. The van der Waals surface area contributed by atoms with Crippen molar-refractivity contribution in [1.82, 2.24) is 10.3 Å². The average molecular weight is 434 g/mol. The first kappa shape index (κ1) is 18.5. The lowest BCUT2D eigenvalue weighted by Crippen LogP contribution is -2.27. The largest absolute Gasteiger partial charge is 0.365 e. The molecule has 2 aromatic heterocycles. The Labute approximate surface area is 163 Å². The first-order valence-electron chi connectivity index (χ1n) is 8.02. The first-order chi connectivity index (χ1) is 12.5. The van der Waals surface area contributed by atoms with E-state index in [1.807, 2.05) is 19.1 Å². The Hall–Kier alpha value is -2.25. The molecule has 3 aromatic rings. The molecular formula is C19H17BrFN3OS. The molecule has 3 rings (SSSR count). The number of pyridine rings is 1. The van der Waals surface area contributed by atoms with E-state index in [1.165, 1.54) is 12.1 Å². The zero-order valence-electron chi connectivity index (χ0n) is 14.0. The Morgan fingerprint density at radius 3 is 2.69 bits per heavy atom. The lowest BCUT2D eigenvalue weighted by atomic mass is 10.1. The highest BCUT2D eigenvalue weighted by Crippen LogP contribution is 2.23. The maximum Gasteiger partial charge on any atom is 0.255 e. The van der Waals surface area contributed by atoms with Crippen LogP contribution in [0.3, 0.4) is 0 Å². The summed E-state index contributed by atoms with van der Waals surface area (Å²) >= 11 is 5.06. The maximum atomic E-state index is 13.1. The fourth-order valence-corrected chi connectivity index (χ4v) is 3.88. The molecule has 0 radical (unpaired) electrons. The summed E-state index contributed by atoms with van der Waals surface area (Å²) in [6.07, 6.45) is 1.65. The minimum Gasteiger partial charge on any atom is -0.365 e. The Kier molecular flexibility index (Phi) is 6.00. The Balaban J connectivity index is 1.69. The van der Waals surface area contributed by atoms with Crippen LogP contribution >= 0.6 is 27.3 Å². The van der Waals surface area contributed by atoms with Crippen molar-refractivity contribution in [3.8, 4) is 0 Å². The summed E-state index contributed by atoms with van der Waals surface area (Å²) in [5.41, 5.74) is 1.30. The lowest BCUT2D eigenvalue weighted by Gasteiger charge is -2.16. The third kappa shape index (κ3) is 4.68. The van der Waals surface area contributed by atoms with Gasteiger partial charge in [-0.25, -0.2) is 9.37 Å². The van der Waals surface area contributed by atoms with Crippen molar-refractivity contribution in [3.05, 3.63) is 80.3 Å². The second kappa shape index (κ2) is 8.42. The molecule has 7 heteroatoms. The molecule has 4 nitrogen and oxygen atoms in total. The predicted molar refractivity (Wildman–Crippen MR) is 106 cm³/mol. The molecule has 134 valence electrons. The van der Waals surface area contributed by atoms with Crippen molar-refractivity contribution in [1.29, 1.82) is 0 Å². The van der Waals surface area contributed by atoms with Crippen LogP contribution in [0.25, 0.3) is 0 Å². The van der Waals surface area contributed by atoms with E-state index in [0.717, 1.165) is 14.2 Å². The van der Waals surface area contributed by atoms with Gasteiger partial charge in [0.05, 0.1) is 21.9 Å². The number of anilines is 1. The third-order valence-electron chi connectivity index (χ3n) is 3.83. The number of benzene rings is 1. The molecule has 0 saturated carbocycles. The zero-order valence-corrected chi connectivity index (χ0v) is 16.4. The number of rotatable bonds is 6. The molecule has 1 amide bonds. The summed E-state index contributed by atoms with van der Waals surface area (Å²) in [6, 6.07) is 13.3. The van der Waals surface area contributed by atoms with E-state index < -0.39 is 0 Å². The van der Waals surface area contributed by atoms with Crippen molar-refractivity contribution in [2.24, 2.45) is 0 Å². The number of nitrogens with zero attached hydrogens (tertiary/aromatic N) is 1. The van der Waals surface area contributed by atoms with Crippen molar-refractivity contribution < 1.29 is 9.18 Å². The molecule has 0 aliphatic heterocycles. The summed E-state index contributed by atoms with van der Waals surface area (Å²) in [5, 5.41) is 6.14. The number of halogens is 2. The van der Waals surface area contributed by atoms with Crippen LogP contribution in [-0.4, -0.2) is 10.9 Å². The average Bonchev–Trinajstić information content (AvgIpc) is 3.06. The molecule has 0 saturated heterocycles. The Morgan fingerprint density at radius 1 is 1.23 bits per heavy atom. The van der Waals surface area contributed by atoms with Gasteiger partial charge in [0.2, 0.25) is 0 Å². The predicted octanol–water partition coefficient (Wildman–Crippen LogP) is 5.15. The summed E-state index contributed by atoms with van der Waals surface area (Å²) in [6.45, 7) is 2.44. The van der Waals surface area contributed by atoms with E-state index in [2.05, 4.69) is 31.5 Å². The van der Waals surface area contributed by atoms with E-state index in [-0.39, 0.29) is 17.8 Å². The summed E-state index contributed by atoms with van der Waals surface area (Å²) in [7, 11) is 0. The minimum absolute atomic E-state index is 0.232. The second-order valence-electron chi connectivity index (χ2n) is 5.71. The summed E-state index contributed by atoms with van der Waals surface area (Å²) in [5.74, 6) is -0.00292. The van der Waals surface area contributed by atoms with Crippen molar-refractivity contribution >= 4 is 39.0 Å². The van der Waals surface area contributed by atoms with Crippen LogP contribution in [0.2, 0.25) is 0 Å². The van der Waals surface area contributed by atoms with Gasteiger partial charge in [-0.3, -0.25) is 4.79 Å². The van der Waals surface area contributed by atoms with Crippen molar-refractivity contribution in [3.63, 3.8) is 0 Å². The molecule has 2 N–H and O–H groups in total. The number of amides is 1. The van der Waals surface area contributed by atoms with Gasteiger partial charge in [-0.2, -0.15) is 0 Å². The molecule has 0 bridgehead atoms. The van der Waals surface area contributed by atoms with Gasteiger partial charge in [-0.15, -0.1) is 11.3 Å². The molecule has 0 spiro atoms. The Morgan fingerprint density at radius 2 is 2.00 bits per heavy atom. The number of aromatic nitrogens is 1. The SMILES string of the molecule is CC(NC(=O)c1cccnc1NCc1ccc(Br)s1)c1ccc(F)cc1. The van der Waals surface area contributed by atoms with Crippen molar-refractivity contribution in [2.75, 3.05) is 5.32 Å². The van der Waals surface area contributed by atoms with Crippen LogP contribution in [0, 0.1) is 5.82 Å². The van der Waals surface area contributed by atoms with Gasteiger partial charge in [0.25, 0.3) is 5.91 Å². The normalized spacial score (nSPS) is 11.8. The van der Waals surface area contributed by atoms with Crippen molar-refractivity contribution in [2.45, 2.75) is 19.5 Å². The summed E-state index contributed by atoms with van der Waals surface area (Å²) in [4.78, 5) is 18.1. The van der Waals surface area contributed by atoms with Gasteiger partial charge in [-0.1, -0.05) is 12.1 Å². The molecule has 1 aromatic carbocycles. The van der Waals surface area contributed by atoms with E-state index in [9.17, 15) is 9.18 Å². The van der Waals surface area contributed by atoms with Crippen LogP contribution in [0.5, 0.6) is 0 Å². The molecule has 1 unspecified atom stereocenters. The number of carbonyl (C=O) groups is 1. The minimum atomic E-state index is -0.300. The fraction of sp³-hybridized carbons (Fsp3) is 0.158. The van der Waals surface area contributed by atoms with Gasteiger partial charge in [0.15, 0.2) is 0 Å². The smallest absolute Gasteiger partial charge is 0.255 e. The van der Waals surface area contributed by atoms with E-state index in [4.69, 9.17) is 0 Å². The van der Waals surface area contributed by atoms with Gasteiger partial charge in [0, 0.05) is 11.1 Å². The van der Waals surface area contributed by atoms with Crippen LogP contribution in [0.4, 0.5) is 10.2 Å². The third-order valence-corrected chi connectivity index (χ3v) is 5.45. The second-order valence-corrected chi connectivity index (χ2v) is 8.25. The number of hydrogen-bond donors (Lipinski definition) is 2. The molecular weight excluding hydrogens is 417 g/mol. The molecule has 2 heterocycles. The number of nitrogens with one attached hydrogen (secondary N) is 2. The van der Waals surface area contributed by atoms with E-state index in [1.54, 1.807) is 41.8 Å². The van der Waals surface area contributed by atoms with Gasteiger partial charge in [-0.05, 0) is 64.8 Å². The van der Waals surface area contributed by atoms with Crippen LogP contribution in [0.1, 0.15) is 33.8 Å². The van der Waals surface area contributed by atoms with Crippen LogP contribution in [0.15, 0.2) is 58.5 Å². The van der Waals surface area contributed by atoms with E-state index in [0.29, 0.717) is 17.9 Å². The van der Waals surface area contributed by atoms with E-state index >= 15 is 0 Å². The highest BCUT2D eigenvalue weighted by atomic mass is 79.9. The zero-order chi connectivity index (χ0) is 18.5. The van der Waals surface area contributed by atoms with Gasteiger partial charge < -0.3 is 10.6 Å². The number of carbonyl (C=O) groups excluding carboxylic acids is 1. The molecule has 0 aliphatic rings. The summed E-state index contributed by atoms with van der Waals surface area (Å²) < 4.78 is 14.1. The molecule has 1 atom stereocenters. The Bertz CT molecular complexity index is 898. The number of thiophene rings is 1. The van der Waals surface area contributed by atoms with Crippen LogP contribution in [-0.2, 0) is 6.54 Å². The topological polar surface area (TPSA) is 54.0 Å². The standard InChI is InChI=1S/C19H17BrFN3OS/c1-12(13-4-6-14(21)7-5-13)24-19(25)16-3-2-10-22-18(16)23-11-15-8-9-17(20)26-15/h2-10,12H,11H2,1H3,(H,22,23)(H,24,25). The highest BCUT2D eigenvalue weighted by Gasteiger charge is 2.15. The quantitative estimate of drug-likeness (QED) is 0.565. The fourth-order valence-electron chi connectivity index (χ4n) is 2.46.